The van der Waals surface area contributed by atoms with E-state index in [2.05, 4.69) is 11.9 Å². The highest BCUT2D eigenvalue weighted by Gasteiger charge is 2.25. The molecule has 0 saturated carbocycles. The Morgan fingerprint density at radius 1 is 1.30 bits per heavy atom. The molecule has 0 bridgehead atoms. The molecule has 1 aromatic carbocycles. The normalized spacial score (nSPS) is 18.7. The Morgan fingerprint density at radius 3 is 2.87 bits per heavy atom. The Bertz CT molecular complexity index is 714. The second-order valence-corrected chi connectivity index (χ2v) is 6.19. The predicted molar refractivity (Wildman–Crippen MR) is 92.0 cm³/mol. The van der Waals surface area contributed by atoms with E-state index in [1.807, 2.05) is 54.2 Å². The first-order valence-electron chi connectivity index (χ1n) is 8.04. The van der Waals surface area contributed by atoms with Gasteiger partial charge in [-0.25, -0.2) is 4.98 Å². The van der Waals surface area contributed by atoms with Crippen LogP contribution in [0.15, 0.2) is 30.3 Å². The molecule has 5 nitrogen and oxygen atoms in total. The van der Waals surface area contributed by atoms with E-state index in [0.717, 1.165) is 23.1 Å². The fraction of sp³-hybridized carbons (Fsp3) is 0.444. The van der Waals surface area contributed by atoms with Crippen LogP contribution in [-0.4, -0.2) is 55.7 Å². The van der Waals surface area contributed by atoms with Crippen molar-refractivity contribution >= 4 is 22.6 Å². The summed E-state index contributed by atoms with van der Waals surface area (Å²) in [5.74, 6) is 0.857. The van der Waals surface area contributed by atoms with Gasteiger partial charge in [-0.1, -0.05) is 18.2 Å². The summed E-state index contributed by atoms with van der Waals surface area (Å²) in [6.45, 7) is 4.03. The number of nitrogens with zero attached hydrogens (tertiary/aromatic N) is 3. The summed E-state index contributed by atoms with van der Waals surface area (Å²) in [5.41, 5.74) is 1.56. The van der Waals surface area contributed by atoms with Crippen molar-refractivity contribution in [2.24, 2.45) is 0 Å². The number of ether oxygens (including phenoxy) is 1. The van der Waals surface area contributed by atoms with Crippen LogP contribution in [0.3, 0.4) is 0 Å². The molecule has 3 rings (SSSR count). The van der Waals surface area contributed by atoms with E-state index in [1.165, 1.54) is 0 Å². The first-order chi connectivity index (χ1) is 11.1. The lowest BCUT2D eigenvalue weighted by atomic mass is 10.1. The van der Waals surface area contributed by atoms with Gasteiger partial charge in [0.2, 0.25) is 0 Å². The summed E-state index contributed by atoms with van der Waals surface area (Å²) in [7, 11) is 3.88. The third kappa shape index (κ3) is 3.15. The molecule has 23 heavy (non-hydrogen) atoms. The topological polar surface area (TPSA) is 45.7 Å². The van der Waals surface area contributed by atoms with Crippen molar-refractivity contribution in [3.63, 3.8) is 0 Å². The summed E-state index contributed by atoms with van der Waals surface area (Å²) in [6, 6.07) is 9.89. The van der Waals surface area contributed by atoms with Gasteiger partial charge < -0.3 is 14.5 Å². The summed E-state index contributed by atoms with van der Waals surface area (Å²) in [5, 5.41) is 0.903. The highest BCUT2D eigenvalue weighted by molar-refractivity contribution is 6.07. The lowest BCUT2D eigenvalue weighted by Gasteiger charge is -2.27. The van der Waals surface area contributed by atoms with Gasteiger partial charge in [-0.05, 0) is 25.5 Å². The minimum Gasteiger partial charge on any atom is -0.380 e. The summed E-state index contributed by atoms with van der Waals surface area (Å²) < 4.78 is 5.52. The maximum Gasteiger partial charge on any atom is 0.254 e. The molecule has 1 aliphatic rings. The fourth-order valence-electron chi connectivity index (χ4n) is 2.92. The number of para-hydroxylation sites is 1. The highest BCUT2D eigenvalue weighted by atomic mass is 16.5. The number of carbonyl (C=O) groups excluding carboxylic acids is 1. The van der Waals surface area contributed by atoms with Crippen molar-refractivity contribution in [3.8, 4) is 0 Å². The summed E-state index contributed by atoms with van der Waals surface area (Å²) in [6.07, 6.45) is 0.870. The lowest BCUT2D eigenvalue weighted by molar-refractivity contribution is 0.0689. The molecule has 0 aliphatic carbocycles. The second-order valence-electron chi connectivity index (χ2n) is 6.19. The van der Waals surface area contributed by atoms with Crippen LogP contribution in [0.25, 0.3) is 10.9 Å². The Balaban J connectivity index is 2.08. The number of fused-ring (bicyclic) bond motifs is 1. The van der Waals surface area contributed by atoms with E-state index in [4.69, 9.17) is 4.74 Å². The van der Waals surface area contributed by atoms with Crippen LogP contribution < -0.4 is 4.90 Å². The molecule has 1 unspecified atom stereocenters. The average Bonchev–Trinajstić information content (AvgIpc) is 2.77. The van der Waals surface area contributed by atoms with Gasteiger partial charge in [0.05, 0.1) is 17.7 Å². The van der Waals surface area contributed by atoms with Crippen molar-refractivity contribution < 1.29 is 9.53 Å². The van der Waals surface area contributed by atoms with Crippen LogP contribution >= 0.6 is 0 Å². The molecular weight excluding hydrogens is 290 g/mol. The standard InChI is InChI=1S/C18H23N3O2/c1-13-8-10-23-11-9-21(13)18(22)15-12-17(20(2)3)19-16-7-5-4-6-14(15)16/h4-7,12-13H,8-11H2,1-3H3. The molecule has 122 valence electrons. The first-order valence-corrected chi connectivity index (χ1v) is 8.04. The van der Waals surface area contributed by atoms with Crippen LogP contribution in [0.1, 0.15) is 23.7 Å². The Morgan fingerprint density at radius 2 is 2.09 bits per heavy atom. The number of rotatable bonds is 2. The van der Waals surface area contributed by atoms with E-state index >= 15 is 0 Å². The number of hydrogen-bond donors (Lipinski definition) is 0. The van der Waals surface area contributed by atoms with Crippen molar-refractivity contribution in [3.05, 3.63) is 35.9 Å². The number of aromatic nitrogens is 1. The molecule has 1 aromatic heterocycles. The van der Waals surface area contributed by atoms with Crippen LogP contribution in [0.4, 0.5) is 5.82 Å². The van der Waals surface area contributed by atoms with Crippen LogP contribution in [0.5, 0.6) is 0 Å². The number of anilines is 1. The van der Waals surface area contributed by atoms with Gasteiger partial charge in [0, 0.05) is 38.7 Å². The molecule has 2 heterocycles. The van der Waals surface area contributed by atoms with Gasteiger partial charge in [0.25, 0.3) is 5.91 Å². The van der Waals surface area contributed by atoms with E-state index in [-0.39, 0.29) is 11.9 Å². The minimum absolute atomic E-state index is 0.0599. The number of hydrogen-bond acceptors (Lipinski definition) is 4. The smallest absolute Gasteiger partial charge is 0.254 e. The van der Waals surface area contributed by atoms with Crippen molar-refractivity contribution in [1.82, 2.24) is 9.88 Å². The van der Waals surface area contributed by atoms with Gasteiger partial charge in [-0.2, -0.15) is 0 Å². The molecule has 0 spiro atoms. The van der Waals surface area contributed by atoms with Crippen LogP contribution in [0.2, 0.25) is 0 Å². The minimum atomic E-state index is 0.0599. The molecule has 5 heteroatoms. The highest BCUT2D eigenvalue weighted by Crippen LogP contribution is 2.24. The number of amides is 1. The fourth-order valence-corrected chi connectivity index (χ4v) is 2.92. The molecule has 0 N–H and O–H groups in total. The van der Waals surface area contributed by atoms with E-state index in [1.54, 1.807) is 0 Å². The maximum atomic E-state index is 13.2. The van der Waals surface area contributed by atoms with E-state index < -0.39 is 0 Å². The van der Waals surface area contributed by atoms with E-state index in [0.29, 0.717) is 25.3 Å². The average molecular weight is 313 g/mol. The maximum absolute atomic E-state index is 13.2. The van der Waals surface area contributed by atoms with Gasteiger partial charge >= 0.3 is 0 Å². The monoisotopic (exact) mass is 313 g/mol. The predicted octanol–water partition coefficient (Wildman–Crippen LogP) is 2.55. The number of pyridine rings is 1. The quantitative estimate of drug-likeness (QED) is 0.855. The molecule has 1 amide bonds. The largest absolute Gasteiger partial charge is 0.380 e. The molecule has 1 fully saturated rings. The summed E-state index contributed by atoms with van der Waals surface area (Å²) >= 11 is 0. The molecule has 1 saturated heterocycles. The first kappa shape index (κ1) is 15.7. The lowest BCUT2D eigenvalue weighted by Crippen LogP contribution is -2.39. The van der Waals surface area contributed by atoms with E-state index in [9.17, 15) is 4.79 Å². The summed E-state index contributed by atoms with van der Waals surface area (Å²) in [4.78, 5) is 21.7. The van der Waals surface area contributed by atoms with Crippen molar-refractivity contribution in [2.45, 2.75) is 19.4 Å². The third-order valence-electron chi connectivity index (χ3n) is 4.34. The van der Waals surface area contributed by atoms with Crippen LogP contribution in [0, 0.1) is 0 Å². The zero-order valence-corrected chi connectivity index (χ0v) is 14.0. The van der Waals surface area contributed by atoms with Crippen LogP contribution in [-0.2, 0) is 4.74 Å². The molecule has 1 atom stereocenters. The van der Waals surface area contributed by atoms with Gasteiger partial charge in [0.1, 0.15) is 5.82 Å². The Labute approximate surface area is 136 Å². The van der Waals surface area contributed by atoms with Crippen molar-refractivity contribution in [1.29, 1.82) is 0 Å². The SMILES string of the molecule is CC1CCOCCN1C(=O)c1cc(N(C)C)nc2ccccc12. The van der Waals surface area contributed by atoms with Gasteiger partial charge in [0.15, 0.2) is 0 Å². The van der Waals surface area contributed by atoms with Gasteiger partial charge in [-0.3, -0.25) is 4.79 Å². The third-order valence-corrected chi connectivity index (χ3v) is 4.34. The zero-order valence-electron chi connectivity index (χ0n) is 14.0. The molecule has 2 aromatic rings. The molecule has 1 aliphatic heterocycles. The molecular formula is C18H23N3O2. The Hall–Kier alpha value is -2.14. The Kier molecular flexibility index (Phi) is 4.48. The number of carbonyl (C=O) groups is 1. The van der Waals surface area contributed by atoms with Gasteiger partial charge in [-0.15, -0.1) is 0 Å². The van der Waals surface area contributed by atoms with Crippen molar-refractivity contribution in [2.75, 3.05) is 38.8 Å². The zero-order chi connectivity index (χ0) is 16.4. The second kappa shape index (κ2) is 6.54. The molecule has 0 radical (unpaired) electrons. The number of benzene rings is 1.